The maximum absolute atomic E-state index is 11.7. The van der Waals surface area contributed by atoms with Gasteiger partial charge in [-0.2, -0.15) is 0 Å². The predicted molar refractivity (Wildman–Crippen MR) is 80.0 cm³/mol. The molecule has 4 heteroatoms. The van der Waals surface area contributed by atoms with Gasteiger partial charge in [-0.3, -0.25) is 4.79 Å². The number of carbonyl (C=O) groups is 1. The summed E-state index contributed by atoms with van der Waals surface area (Å²) in [6.07, 6.45) is 4.76. The number of ether oxygens (including phenoxy) is 1. The molecule has 0 rings (SSSR count). The van der Waals surface area contributed by atoms with E-state index in [1.165, 1.54) is 0 Å². The number of hydrogen-bond donors (Lipinski definition) is 2. The summed E-state index contributed by atoms with van der Waals surface area (Å²) in [5.74, 6) is 1.27. The van der Waals surface area contributed by atoms with Crippen molar-refractivity contribution in [3.05, 3.63) is 0 Å². The highest BCUT2D eigenvalue weighted by molar-refractivity contribution is 5.75. The molecule has 1 amide bonds. The molecule has 0 saturated heterocycles. The van der Waals surface area contributed by atoms with Crippen molar-refractivity contribution in [3.63, 3.8) is 0 Å². The van der Waals surface area contributed by atoms with Crippen LogP contribution in [0.4, 0.5) is 0 Å². The molecule has 0 aliphatic rings. The molecule has 0 heterocycles. The van der Waals surface area contributed by atoms with Gasteiger partial charge in [-0.25, -0.2) is 0 Å². The first-order valence-electron chi connectivity index (χ1n) is 7.66. The van der Waals surface area contributed by atoms with Gasteiger partial charge in [0.15, 0.2) is 0 Å². The summed E-state index contributed by atoms with van der Waals surface area (Å²) in [5.41, 5.74) is 5.59. The third-order valence-corrected chi connectivity index (χ3v) is 3.43. The molecule has 19 heavy (non-hydrogen) atoms. The number of nitrogens with two attached hydrogens (primary N) is 1. The van der Waals surface area contributed by atoms with Crippen LogP contribution in [0.5, 0.6) is 0 Å². The van der Waals surface area contributed by atoms with Crippen LogP contribution in [0.2, 0.25) is 0 Å². The quantitative estimate of drug-likeness (QED) is 0.536. The molecule has 0 aliphatic carbocycles. The summed E-state index contributed by atoms with van der Waals surface area (Å²) < 4.78 is 5.40. The molecule has 114 valence electrons. The Kier molecular flexibility index (Phi) is 12.0. The zero-order chi connectivity index (χ0) is 14.5. The normalized spacial score (nSPS) is 12.7. The summed E-state index contributed by atoms with van der Waals surface area (Å²) >= 11 is 0. The molecule has 0 aromatic heterocycles. The Labute approximate surface area is 118 Å². The maximum Gasteiger partial charge on any atom is 0.220 e. The molecule has 1 unspecified atom stereocenters. The van der Waals surface area contributed by atoms with E-state index in [0.717, 1.165) is 32.3 Å². The molecule has 0 aromatic carbocycles. The lowest BCUT2D eigenvalue weighted by Gasteiger charge is -2.19. The molecule has 3 N–H and O–H groups in total. The average molecular weight is 272 g/mol. The van der Waals surface area contributed by atoms with E-state index in [9.17, 15) is 4.79 Å². The second-order valence-corrected chi connectivity index (χ2v) is 5.44. The lowest BCUT2D eigenvalue weighted by Crippen LogP contribution is -2.28. The van der Waals surface area contributed by atoms with Gasteiger partial charge in [0.2, 0.25) is 5.91 Å². The lowest BCUT2D eigenvalue weighted by molar-refractivity contribution is -0.121. The van der Waals surface area contributed by atoms with E-state index >= 15 is 0 Å². The fraction of sp³-hybridized carbons (Fsp3) is 0.933. The van der Waals surface area contributed by atoms with Crippen molar-refractivity contribution in [1.82, 2.24) is 5.32 Å². The van der Waals surface area contributed by atoms with Crippen LogP contribution in [0.1, 0.15) is 52.9 Å². The molecule has 0 aliphatic heterocycles. The summed E-state index contributed by atoms with van der Waals surface area (Å²) in [5, 5.41) is 2.90. The molecule has 0 aromatic rings. The van der Waals surface area contributed by atoms with E-state index in [4.69, 9.17) is 10.5 Å². The maximum atomic E-state index is 11.7. The van der Waals surface area contributed by atoms with E-state index in [0.29, 0.717) is 38.0 Å². The second kappa shape index (κ2) is 12.4. The van der Waals surface area contributed by atoms with Crippen LogP contribution >= 0.6 is 0 Å². The Balaban J connectivity index is 3.57. The van der Waals surface area contributed by atoms with Crippen molar-refractivity contribution in [2.24, 2.45) is 17.6 Å². The number of amides is 1. The van der Waals surface area contributed by atoms with Gasteiger partial charge in [0.1, 0.15) is 0 Å². The van der Waals surface area contributed by atoms with Crippen molar-refractivity contribution in [2.75, 3.05) is 26.3 Å². The van der Waals surface area contributed by atoms with Crippen molar-refractivity contribution in [2.45, 2.75) is 52.9 Å². The minimum atomic E-state index is 0.127. The Bertz CT molecular complexity index is 220. The van der Waals surface area contributed by atoms with Crippen molar-refractivity contribution in [3.8, 4) is 0 Å². The van der Waals surface area contributed by atoms with Gasteiger partial charge in [0.05, 0.1) is 6.61 Å². The monoisotopic (exact) mass is 272 g/mol. The number of nitrogens with one attached hydrogen (secondary N) is 1. The molecule has 0 saturated carbocycles. The molecule has 0 radical (unpaired) electrons. The molecule has 0 spiro atoms. The lowest BCUT2D eigenvalue weighted by atomic mass is 9.88. The van der Waals surface area contributed by atoms with E-state index < -0.39 is 0 Å². The molecule has 1 atom stereocenters. The largest absolute Gasteiger partial charge is 0.380 e. The minimum absolute atomic E-state index is 0.127. The summed E-state index contributed by atoms with van der Waals surface area (Å²) in [6.45, 7) is 9.25. The van der Waals surface area contributed by atoms with Crippen molar-refractivity contribution < 1.29 is 9.53 Å². The average Bonchev–Trinajstić information content (AvgIpc) is 2.38. The van der Waals surface area contributed by atoms with Gasteiger partial charge < -0.3 is 15.8 Å². The van der Waals surface area contributed by atoms with Crippen LogP contribution in [0.15, 0.2) is 0 Å². The van der Waals surface area contributed by atoms with Crippen LogP contribution in [0, 0.1) is 11.8 Å². The fourth-order valence-electron chi connectivity index (χ4n) is 2.04. The van der Waals surface area contributed by atoms with Crippen LogP contribution in [0.3, 0.4) is 0 Å². The highest BCUT2D eigenvalue weighted by Crippen LogP contribution is 2.20. The van der Waals surface area contributed by atoms with Crippen LogP contribution in [-0.2, 0) is 9.53 Å². The Morgan fingerprint density at radius 1 is 1.26 bits per heavy atom. The van der Waals surface area contributed by atoms with E-state index in [-0.39, 0.29) is 5.91 Å². The fourth-order valence-corrected chi connectivity index (χ4v) is 2.04. The summed E-state index contributed by atoms with van der Waals surface area (Å²) in [7, 11) is 0. The highest BCUT2D eigenvalue weighted by Gasteiger charge is 2.14. The number of hydrogen-bond acceptors (Lipinski definition) is 3. The molecule has 0 fully saturated rings. The van der Waals surface area contributed by atoms with Gasteiger partial charge in [-0.15, -0.1) is 0 Å². The zero-order valence-corrected chi connectivity index (χ0v) is 12.9. The first-order valence-corrected chi connectivity index (χ1v) is 7.66. The van der Waals surface area contributed by atoms with Crippen molar-refractivity contribution in [1.29, 1.82) is 0 Å². The number of rotatable bonds is 12. The zero-order valence-electron chi connectivity index (χ0n) is 12.9. The molecular weight excluding hydrogens is 240 g/mol. The third-order valence-electron chi connectivity index (χ3n) is 3.43. The first-order chi connectivity index (χ1) is 9.11. The van der Waals surface area contributed by atoms with Crippen LogP contribution < -0.4 is 11.1 Å². The standard InChI is InChI=1S/C15H32N2O2/c1-4-5-11-19-12-10-17-15(18)7-6-14(8-9-16)13(2)3/h13-14H,4-12,16H2,1-3H3,(H,17,18). The van der Waals surface area contributed by atoms with Gasteiger partial charge in [0.25, 0.3) is 0 Å². The van der Waals surface area contributed by atoms with Gasteiger partial charge in [0, 0.05) is 19.6 Å². The van der Waals surface area contributed by atoms with Gasteiger partial charge in [-0.1, -0.05) is 27.2 Å². The topological polar surface area (TPSA) is 64.3 Å². The Morgan fingerprint density at radius 3 is 2.58 bits per heavy atom. The molecular formula is C15H32N2O2. The Hall–Kier alpha value is -0.610. The van der Waals surface area contributed by atoms with Gasteiger partial charge >= 0.3 is 0 Å². The van der Waals surface area contributed by atoms with Crippen LogP contribution in [0.25, 0.3) is 0 Å². The molecule has 4 nitrogen and oxygen atoms in total. The van der Waals surface area contributed by atoms with Crippen molar-refractivity contribution >= 4 is 5.91 Å². The molecule has 0 bridgehead atoms. The minimum Gasteiger partial charge on any atom is -0.380 e. The predicted octanol–water partition coefficient (Wildman–Crippen LogP) is 2.32. The third kappa shape index (κ3) is 11.0. The van der Waals surface area contributed by atoms with E-state index in [1.54, 1.807) is 0 Å². The number of unbranched alkanes of at least 4 members (excludes halogenated alkanes) is 1. The SMILES string of the molecule is CCCCOCCNC(=O)CCC(CCN)C(C)C. The van der Waals surface area contributed by atoms with Crippen LogP contribution in [-0.4, -0.2) is 32.2 Å². The number of carbonyl (C=O) groups excluding carboxylic acids is 1. The summed E-state index contributed by atoms with van der Waals surface area (Å²) in [4.78, 5) is 11.7. The smallest absolute Gasteiger partial charge is 0.220 e. The first kappa shape index (κ1) is 18.4. The van der Waals surface area contributed by atoms with Gasteiger partial charge in [-0.05, 0) is 37.6 Å². The second-order valence-electron chi connectivity index (χ2n) is 5.44. The summed E-state index contributed by atoms with van der Waals surface area (Å²) in [6, 6.07) is 0. The Morgan fingerprint density at radius 2 is 2.00 bits per heavy atom. The van der Waals surface area contributed by atoms with E-state index in [1.807, 2.05) is 0 Å². The van der Waals surface area contributed by atoms with E-state index in [2.05, 4.69) is 26.1 Å². The highest BCUT2D eigenvalue weighted by atomic mass is 16.5.